The topological polar surface area (TPSA) is 109 Å². The lowest BCUT2D eigenvalue weighted by atomic mass is 10.00. The number of esters is 1. The number of allylic oxidation sites excluding steroid dienone is 1. The normalized spacial score (nSPS) is 20.3. The average molecular weight is 654 g/mol. The van der Waals surface area contributed by atoms with Gasteiger partial charge in [0.1, 0.15) is 35.4 Å². The number of anilines is 1. The predicted octanol–water partition coefficient (Wildman–Crippen LogP) is 4.57. The second-order valence-corrected chi connectivity index (χ2v) is 13.7. The largest absolute Gasteiger partial charge is 0.448 e. The molecule has 11 heteroatoms. The quantitative estimate of drug-likeness (QED) is 0.172. The molecule has 1 N–H and O–H groups in total. The molecule has 0 radical (unpaired) electrons. The van der Waals surface area contributed by atoms with E-state index in [2.05, 4.69) is 5.32 Å². The molecule has 3 aliphatic heterocycles. The third kappa shape index (κ3) is 6.80. The zero-order valence-electron chi connectivity index (χ0n) is 26.7. The van der Waals surface area contributed by atoms with Gasteiger partial charge in [-0.3, -0.25) is 14.5 Å². The number of rotatable bonds is 7. The fourth-order valence-electron chi connectivity index (χ4n) is 5.86. The van der Waals surface area contributed by atoms with Crippen LogP contribution in [0.2, 0.25) is 0 Å². The van der Waals surface area contributed by atoms with Crippen molar-refractivity contribution in [3.05, 3.63) is 119 Å². The minimum Gasteiger partial charge on any atom is -0.448 e. The van der Waals surface area contributed by atoms with Crippen molar-refractivity contribution in [2.45, 2.75) is 50.3 Å². The van der Waals surface area contributed by atoms with Gasteiger partial charge in [0.2, 0.25) is 0 Å². The van der Waals surface area contributed by atoms with E-state index in [-0.39, 0.29) is 11.6 Å². The fourth-order valence-corrected chi connectivity index (χ4v) is 7.17. The molecule has 4 heterocycles. The number of hydrogen-bond acceptors (Lipinski definition) is 7. The van der Waals surface area contributed by atoms with E-state index in [4.69, 9.17) is 9.47 Å². The highest BCUT2D eigenvalue weighted by Crippen LogP contribution is 2.43. The van der Waals surface area contributed by atoms with Crippen molar-refractivity contribution in [2.24, 2.45) is 7.05 Å². The molecule has 0 spiro atoms. The summed E-state index contributed by atoms with van der Waals surface area (Å²) in [6.07, 6.45) is 4.53. The second kappa shape index (κ2) is 13.1. The van der Waals surface area contributed by atoms with Crippen LogP contribution < -0.4 is 14.8 Å². The van der Waals surface area contributed by atoms with Crippen LogP contribution in [0.3, 0.4) is 0 Å². The van der Waals surface area contributed by atoms with Crippen molar-refractivity contribution < 1.29 is 33.2 Å². The van der Waals surface area contributed by atoms with E-state index in [1.54, 1.807) is 31.7 Å². The molecule has 3 aliphatic rings. The number of ether oxygens (including phenoxy) is 2. The highest BCUT2D eigenvalue weighted by Gasteiger charge is 2.55. The summed E-state index contributed by atoms with van der Waals surface area (Å²) in [6, 6.07) is 21.7. The van der Waals surface area contributed by atoms with Gasteiger partial charge in [0.15, 0.2) is 18.5 Å². The van der Waals surface area contributed by atoms with Crippen LogP contribution in [0.25, 0.3) is 0 Å². The summed E-state index contributed by atoms with van der Waals surface area (Å²) in [7, 11) is 1.90. The number of pyridine rings is 1. The van der Waals surface area contributed by atoms with E-state index < -0.39 is 41.1 Å². The molecule has 2 atom stereocenters. The van der Waals surface area contributed by atoms with E-state index in [0.717, 1.165) is 16.8 Å². The lowest BCUT2D eigenvalue weighted by molar-refractivity contribution is -0.670. The Hall–Kier alpha value is -4.90. The maximum absolute atomic E-state index is 14.3. The highest BCUT2D eigenvalue weighted by atomic mass is 32.2. The molecule has 0 bridgehead atoms. The Morgan fingerprint density at radius 3 is 2.28 bits per heavy atom. The van der Waals surface area contributed by atoms with Crippen molar-refractivity contribution in [3.8, 4) is 0 Å². The van der Waals surface area contributed by atoms with E-state index >= 15 is 0 Å². The number of fused-ring (bicyclic) bond motifs is 1. The highest BCUT2D eigenvalue weighted by molar-refractivity contribution is 8.00. The van der Waals surface area contributed by atoms with E-state index in [1.165, 1.54) is 16.7 Å². The predicted molar refractivity (Wildman–Crippen MR) is 177 cm³/mol. The van der Waals surface area contributed by atoms with Crippen LogP contribution >= 0.6 is 11.8 Å². The van der Waals surface area contributed by atoms with Gasteiger partial charge in [0.05, 0.1) is 0 Å². The number of thioether (sulfide) groups is 1. The summed E-state index contributed by atoms with van der Waals surface area (Å²) in [5.74, 6) is -0.984. The first-order valence-corrected chi connectivity index (χ1v) is 16.5. The zero-order valence-corrected chi connectivity index (χ0v) is 27.5. The maximum Gasteiger partial charge on any atom is 0.408 e. The number of carbonyl (C=O) groups excluding carboxylic acids is 4. The minimum atomic E-state index is -0.881. The number of amides is 3. The first-order chi connectivity index (χ1) is 22.5. The van der Waals surface area contributed by atoms with Crippen LogP contribution in [0.4, 0.5) is 10.5 Å². The molecule has 0 aliphatic carbocycles. The molecular weight excluding hydrogens is 616 g/mol. The number of hydrogen-bond donors (Lipinski definition) is 1. The Bertz CT molecular complexity index is 1730. The number of aromatic nitrogens is 1. The molecule has 242 valence electrons. The van der Waals surface area contributed by atoms with E-state index in [9.17, 15) is 19.2 Å². The number of carbonyl (C=O) groups is 4. The van der Waals surface area contributed by atoms with Gasteiger partial charge in [-0.25, -0.2) is 14.2 Å². The third-order valence-electron chi connectivity index (χ3n) is 8.00. The van der Waals surface area contributed by atoms with E-state index in [1.807, 2.05) is 96.8 Å². The summed E-state index contributed by atoms with van der Waals surface area (Å²) in [5.41, 5.74) is 2.70. The molecule has 3 amide bonds. The Kier molecular flexibility index (Phi) is 8.92. The van der Waals surface area contributed by atoms with Crippen LogP contribution in [0.15, 0.2) is 108 Å². The number of aryl methyl sites for hydroxylation is 1. The van der Waals surface area contributed by atoms with Gasteiger partial charge < -0.3 is 19.7 Å². The van der Waals surface area contributed by atoms with Gasteiger partial charge in [0, 0.05) is 23.9 Å². The molecule has 2 aromatic carbocycles. The summed E-state index contributed by atoms with van der Waals surface area (Å²) >= 11 is 1.41. The van der Waals surface area contributed by atoms with Gasteiger partial charge in [-0.15, -0.1) is 11.8 Å². The molecule has 2 fully saturated rings. The van der Waals surface area contributed by atoms with Gasteiger partial charge in [-0.05, 0) is 56.0 Å². The fraction of sp³-hybridized carbons (Fsp3) is 0.306. The van der Waals surface area contributed by atoms with Crippen molar-refractivity contribution in [1.29, 1.82) is 0 Å². The SMILES string of the molecule is C[n+]1cccc(N2CCC(=CC3=C(C(=O)OC(c4ccccc4)c4ccccc4)N4C(=O)[C@@H](NC(=O)OC(C)(C)C)[C@H]4SC3)C2=O)c1. The average Bonchev–Trinajstić information content (AvgIpc) is 3.41. The Morgan fingerprint density at radius 2 is 1.66 bits per heavy atom. The number of alkyl carbamates (subject to hydrolysis) is 1. The Morgan fingerprint density at radius 1 is 1.00 bits per heavy atom. The summed E-state index contributed by atoms with van der Waals surface area (Å²) < 4.78 is 13.5. The first-order valence-electron chi connectivity index (χ1n) is 15.5. The van der Waals surface area contributed by atoms with Crippen LogP contribution in [-0.4, -0.2) is 58.1 Å². The van der Waals surface area contributed by atoms with Crippen LogP contribution in [0.5, 0.6) is 0 Å². The Labute approximate surface area is 278 Å². The summed E-state index contributed by atoms with van der Waals surface area (Å²) in [4.78, 5) is 57.2. The number of benzene rings is 2. The molecule has 3 aromatic rings. The lowest BCUT2D eigenvalue weighted by Crippen LogP contribution is -2.70. The van der Waals surface area contributed by atoms with Crippen LogP contribution in [-0.2, 0) is 30.9 Å². The minimum absolute atomic E-state index is 0.0720. The van der Waals surface area contributed by atoms with Gasteiger partial charge >= 0.3 is 12.1 Å². The number of nitrogens with one attached hydrogen (secondary N) is 1. The lowest BCUT2D eigenvalue weighted by Gasteiger charge is -2.49. The first kappa shape index (κ1) is 32.1. The van der Waals surface area contributed by atoms with Gasteiger partial charge in [-0.1, -0.05) is 60.7 Å². The number of nitrogens with zero attached hydrogens (tertiary/aromatic N) is 3. The molecule has 0 unspecified atom stereocenters. The van der Waals surface area contributed by atoms with Crippen molar-refractivity contribution >= 4 is 41.3 Å². The Balaban J connectivity index is 1.34. The molecule has 2 saturated heterocycles. The number of β-lactam (4-membered cyclic amide) rings is 1. The third-order valence-corrected chi connectivity index (χ3v) is 9.30. The molecule has 47 heavy (non-hydrogen) atoms. The van der Waals surface area contributed by atoms with Crippen molar-refractivity contribution in [1.82, 2.24) is 10.2 Å². The molecular formula is C36H37N4O6S+. The zero-order chi connectivity index (χ0) is 33.3. The standard InChI is InChI=1S/C36H36N4O6S/c1-36(2,3)46-35(44)37-28-32(42)40-29(34(43)45-30(23-12-7-5-8-13-23)24-14-9-6-10-15-24)26(22-47-33(28)40)20-25-17-19-39(31(25)41)27-16-11-18-38(4)21-27/h5-16,18,20-21,28,30,33H,17,19,22H2,1-4H3/p+1/t28-,33-/m1/s1. The summed E-state index contributed by atoms with van der Waals surface area (Å²) in [5, 5.41) is 2.12. The molecule has 1 aromatic heterocycles. The molecule has 6 rings (SSSR count). The van der Waals surface area contributed by atoms with Gasteiger partial charge in [-0.2, -0.15) is 0 Å². The van der Waals surface area contributed by atoms with Crippen molar-refractivity contribution in [2.75, 3.05) is 17.2 Å². The van der Waals surface area contributed by atoms with Crippen LogP contribution in [0, 0.1) is 0 Å². The van der Waals surface area contributed by atoms with Gasteiger partial charge in [0.25, 0.3) is 11.8 Å². The van der Waals surface area contributed by atoms with E-state index in [0.29, 0.717) is 29.9 Å². The van der Waals surface area contributed by atoms with Crippen LogP contribution in [0.1, 0.15) is 44.4 Å². The smallest absolute Gasteiger partial charge is 0.408 e. The summed E-state index contributed by atoms with van der Waals surface area (Å²) in [6.45, 7) is 5.72. The molecule has 0 saturated carbocycles. The molecule has 10 nitrogen and oxygen atoms in total. The second-order valence-electron chi connectivity index (χ2n) is 12.6. The monoisotopic (exact) mass is 653 g/mol. The maximum atomic E-state index is 14.3. The van der Waals surface area contributed by atoms with Crippen molar-refractivity contribution in [3.63, 3.8) is 0 Å².